The van der Waals surface area contributed by atoms with Gasteiger partial charge in [-0.1, -0.05) is 12.1 Å². The summed E-state index contributed by atoms with van der Waals surface area (Å²) in [5.41, 5.74) is 1.32. The number of amides is 1. The van der Waals surface area contributed by atoms with Crippen molar-refractivity contribution < 1.29 is 14.1 Å². The number of quaternary nitrogens is 1. The molecule has 2 aromatic rings. The van der Waals surface area contributed by atoms with Gasteiger partial charge in [0.05, 0.1) is 38.7 Å². The van der Waals surface area contributed by atoms with E-state index in [-0.39, 0.29) is 5.91 Å². The van der Waals surface area contributed by atoms with Gasteiger partial charge in [-0.25, -0.2) is 4.79 Å². The Kier molecular flexibility index (Phi) is 3.79. The SMILES string of the molecule is C[NH+]1CCN(C(=O)CCn2c(=O)oc3ccccc32)CC1. The number of benzene rings is 1. The van der Waals surface area contributed by atoms with Crippen molar-refractivity contribution in [2.75, 3.05) is 33.2 Å². The van der Waals surface area contributed by atoms with Crippen molar-refractivity contribution in [1.82, 2.24) is 9.47 Å². The lowest BCUT2D eigenvalue weighted by Crippen LogP contribution is -3.12. The topological polar surface area (TPSA) is 59.9 Å². The van der Waals surface area contributed by atoms with E-state index in [0.29, 0.717) is 18.5 Å². The van der Waals surface area contributed by atoms with Gasteiger partial charge in [0.2, 0.25) is 5.91 Å². The highest BCUT2D eigenvalue weighted by Gasteiger charge is 2.21. The summed E-state index contributed by atoms with van der Waals surface area (Å²) in [7, 11) is 2.14. The minimum atomic E-state index is -0.396. The van der Waals surface area contributed by atoms with Crippen molar-refractivity contribution >= 4 is 17.0 Å². The Labute approximate surface area is 122 Å². The number of hydrogen-bond acceptors (Lipinski definition) is 3. The monoisotopic (exact) mass is 290 g/mol. The van der Waals surface area contributed by atoms with Crippen LogP contribution in [0.4, 0.5) is 0 Å². The van der Waals surface area contributed by atoms with Gasteiger partial charge in [0, 0.05) is 13.0 Å². The number of carbonyl (C=O) groups excluding carboxylic acids is 1. The summed E-state index contributed by atoms with van der Waals surface area (Å²) in [5.74, 6) is -0.286. The first-order valence-corrected chi connectivity index (χ1v) is 7.32. The van der Waals surface area contributed by atoms with Crippen molar-refractivity contribution in [2.45, 2.75) is 13.0 Å². The molecule has 1 aromatic heterocycles. The average molecular weight is 290 g/mol. The molecule has 0 unspecified atom stereocenters. The number of aryl methyl sites for hydroxylation is 1. The summed E-state index contributed by atoms with van der Waals surface area (Å²) in [5, 5.41) is 0. The van der Waals surface area contributed by atoms with Crippen LogP contribution in [0, 0.1) is 0 Å². The number of nitrogens with zero attached hydrogens (tertiary/aromatic N) is 2. The molecule has 1 aliphatic heterocycles. The van der Waals surface area contributed by atoms with Crippen molar-refractivity contribution in [2.24, 2.45) is 0 Å². The molecule has 0 radical (unpaired) electrons. The van der Waals surface area contributed by atoms with E-state index in [1.165, 1.54) is 9.47 Å². The summed E-state index contributed by atoms with van der Waals surface area (Å²) >= 11 is 0. The highest BCUT2D eigenvalue weighted by atomic mass is 16.4. The first-order valence-electron chi connectivity index (χ1n) is 7.32. The minimum Gasteiger partial charge on any atom is -0.408 e. The van der Waals surface area contributed by atoms with Crippen molar-refractivity contribution in [3.63, 3.8) is 0 Å². The van der Waals surface area contributed by atoms with Crippen LogP contribution in [0.25, 0.3) is 11.1 Å². The zero-order chi connectivity index (χ0) is 14.8. The molecule has 0 atom stereocenters. The van der Waals surface area contributed by atoms with E-state index < -0.39 is 5.76 Å². The summed E-state index contributed by atoms with van der Waals surface area (Å²) < 4.78 is 6.71. The van der Waals surface area contributed by atoms with E-state index in [4.69, 9.17) is 4.42 Å². The highest BCUT2D eigenvalue weighted by Crippen LogP contribution is 2.12. The van der Waals surface area contributed by atoms with Crippen LogP contribution in [0.1, 0.15) is 6.42 Å². The lowest BCUT2D eigenvalue weighted by Gasteiger charge is -2.30. The molecule has 1 N–H and O–H groups in total. The van der Waals surface area contributed by atoms with Crippen LogP contribution < -0.4 is 10.7 Å². The Bertz CT molecular complexity index is 695. The molecule has 1 saturated heterocycles. The van der Waals surface area contributed by atoms with E-state index in [9.17, 15) is 9.59 Å². The van der Waals surface area contributed by atoms with Gasteiger partial charge in [0.1, 0.15) is 0 Å². The number of nitrogens with one attached hydrogen (secondary N) is 1. The quantitative estimate of drug-likeness (QED) is 0.816. The van der Waals surface area contributed by atoms with Gasteiger partial charge in [-0.15, -0.1) is 0 Å². The zero-order valence-corrected chi connectivity index (χ0v) is 12.2. The summed E-state index contributed by atoms with van der Waals surface area (Å²) in [4.78, 5) is 27.4. The number of likely N-dealkylation sites (N-methyl/N-ethyl adjacent to an activating group) is 1. The maximum atomic E-state index is 12.2. The van der Waals surface area contributed by atoms with Gasteiger partial charge < -0.3 is 14.2 Å². The van der Waals surface area contributed by atoms with Crippen LogP contribution in [0.3, 0.4) is 0 Å². The number of aromatic nitrogens is 1. The molecule has 1 aromatic carbocycles. The standard InChI is InChI=1S/C15H19N3O3/c1-16-8-10-17(11-9-16)14(19)6-7-18-12-4-2-3-5-13(12)21-15(18)20/h2-5H,6-11H2,1H3/p+1. The molecule has 6 nitrogen and oxygen atoms in total. The van der Waals surface area contributed by atoms with Gasteiger partial charge in [-0.3, -0.25) is 9.36 Å². The molecule has 3 rings (SSSR count). The van der Waals surface area contributed by atoms with E-state index in [2.05, 4.69) is 7.05 Å². The highest BCUT2D eigenvalue weighted by molar-refractivity contribution is 5.77. The van der Waals surface area contributed by atoms with Gasteiger partial charge >= 0.3 is 5.76 Å². The third kappa shape index (κ3) is 2.85. The first-order chi connectivity index (χ1) is 10.1. The van der Waals surface area contributed by atoms with Crippen molar-refractivity contribution in [3.8, 4) is 0 Å². The largest absolute Gasteiger partial charge is 0.419 e. The summed E-state index contributed by atoms with van der Waals surface area (Å²) in [6.07, 6.45) is 0.336. The number of hydrogen-bond donors (Lipinski definition) is 1. The number of oxazole rings is 1. The van der Waals surface area contributed by atoms with Crippen molar-refractivity contribution in [1.29, 1.82) is 0 Å². The zero-order valence-electron chi connectivity index (χ0n) is 12.2. The molecular formula is C15H20N3O3+. The average Bonchev–Trinajstić information content (AvgIpc) is 2.81. The van der Waals surface area contributed by atoms with Crippen LogP contribution in [0.15, 0.2) is 33.5 Å². The van der Waals surface area contributed by atoms with Crippen molar-refractivity contribution in [3.05, 3.63) is 34.8 Å². The van der Waals surface area contributed by atoms with Crippen LogP contribution in [0.5, 0.6) is 0 Å². The molecule has 6 heteroatoms. The Balaban J connectivity index is 1.68. The summed E-state index contributed by atoms with van der Waals surface area (Å²) in [6.45, 7) is 3.94. The fourth-order valence-corrected chi connectivity index (χ4v) is 2.73. The lowest BCUT2D eigenvalue weighted by atomic mass is 10.2. The molecule has 0 bridgehead atoms. The smallest absolute Gasteiger partial charge is 0.408 e. The Morgan fingerprint density at radius 3 is 2.76 bits per heavy atom. The van der Waals surface area contributed by atoms with Gasteiger partial charge in [0.15, 0.2) is 5.58 Å². The minimum absolute atomic E-state index is 0.111. The van der Waals surface area contributed by atoms with Crippen LogP contribution >= 0.6 is 0 Å². The Morgan fingerprint density at radius 1 is 1.29 bits per heavy atom. The molecule has 0 saturated carbocycles. The molecule has 21 heavy (non-hydrogen) atoms. The van der Waals surface area contributed by atoms with Gasteiger partial charge in [-0.05, 0) is 12.1 Å². The third-order valence-corrected chi connectivity index (χ3v) is 4.09. The molecular weight excluding hydrogens is 270 g/mol. The van der Waals surface area contributed by atoms with Crippen LogP contribution in [-0.2, 0) is 11.3 Å². The van der Waals surface area contributed by atoms with E-state index in [1.54, 1.807) is 6.07 Å². The number of para-hydroxylation sites is 2. The van der Waals surface area contributed by atoms with E-state index in [0.717, 1.165) is 31.7 Å². The number of fused-ring (bicyclic) bond motifs is 1. The Hall–Kier alpha value is -2.08. The maximum absolute atomic E-state index is 12.2. The van der Waals surface area contributed by atoms with E-state index >= 15 is 0 Å². The maximum Gasteiger partial charge on any atom is 0.419 e. The second kappa shape index (κ2) is 5.73. The van der Waals surface area contributed by atoms with Crippen LogP contribution in [-0.4, -0.2) is 48.6 Å². The molecule has 112 valence electrons. The van der Waals surface area contributed by atoms with E-state index in [1.807, 2.05) is 23.1 Å². The molecule has 0 spiro atoms. The molecule has 1 fully saturated rings. The predicted octanol–water partition coefficient (Wildman–Crippen LogP) is -0.658. The molecule has 0 aliphatic carbocycles. The lowest BCUT2D eigenvalue weighted by molar-refractivity contribution is -0.883. The first kappa shape index (κ1) is 13.9. The molecule has 1 aliphatic rings. The number of carbonyl (C=O) groups is 1. The second-order valence-corrected chi connectivity index (χ2v) is 5.58. The van der Waals surface area contributed by atoms with Gasteiger partial charge in [-0.2, -0.15) is 0 Å². The normalized spacial score (nSPS) is 16.5. The van der Waals surface area contributed by atoms with Gasteiger partial charge in [0.25, 0.3) is 0 Å². The summed E-state index contributed by atoms with van der Waals surface area (Å²) in [6, 6.07) is 7.29. The number of rotatable bonds is 3. The molecule has 2 heterocycles. The second-order valence-electron chi connectivity index (χ2n) is 5.58. The fourth-order valence-electron chi connectivity index (χ4n) is 2.73. The predicted molar refractivity (Wildman–Crippen MR) is 78.3 cm³/mol. The Morgan fingerprint density at radius 2 is 2.00 bits per heavy atom. The fraction of sp³-hybridized carbons (Fsp3) is 0.467. The van der Waals surface area contributed by atoms with Crippen LogP contribution in [0.2, 0.25) is 0 Å². The third-order valence-electron chi connectivity index (χ3n) is 4.09. The molecule has 1 amide bonds. The number of piperazine rings is 1.